The second-order valence-corrected chi connectivity index (χ2v) is 5.07. The molecular weight excluding hydrogens is 218 g/mol. The van der Waals surface area contributed by atoms with E-state index in [4.69, 9.17) is 10.9 Å². The van der Waals surface area contributed by atoms with Gasteiger partial charge in [0, 0.05) is 5.41 Å². The number of hydrogen-bond acceptors (Lipinski definition) is 4. The highest BCUT2D eigenvalue weighted by molar-refractivity contribution is 5.85. The number of aliphatic hydroxyl groups is 1. The highest BCUT2D eigenvalue weighted by Gasteiger charge is 2.22. The summed E-state index contributed by atoms with van der Waals surface area (Å²) >= 11 is 0. The van der Waals surface area contributed by atoms with Crippen molar-refractivity contribution in [3.63, 3.8) is 0 Å². The van der Waals surface area contributed by atoms with Crippen molar-refractivity contribution in [1.29, 1.82) is 0 Å². The van der Waals surface area contributed by atoms with E-state index in [1.54, 1.807) is 0 Å². The molecule has 102 valence electrons. The average Bonchev–Trinajstić information content (AvgIpc) is 2.31. The van der Waals surface area contributed by atoms with Gasteiger partial charge in [0.1, 0.15) is 5.84 Å². The third kappa shape index (κ3) is 7.18. The maximum atomic E-state index is 9.35. The van der Waals surface area contributed by atoms with Gasteiger partial charge in [-0.1, -0.05) is 25.9 Å². The zero-order valence-electron chi connectivity index (χ0n) is 11.2. The lowest BCUT2D eigenvalue weighted by Crippen LogP contribution is -2.32. The van der Waals surface area contributed by atoms with Gasteiger partial charge in [-0.25, -0.2) is 0 Å². The fourth-order valence-electron chi connectivity index (χ4n) is 1.52. The number of nitrogens with one attached hydrogen (secondary N) is 1. The van der Waals surface area contributed by atoms with E-state index < -0.39 is 0 Å². The molecule has 0 bridgehead atoms. The Hall–Kier alpha value is -0.810. The van der Waals surface area contributed by atoms with E-state index in [0.29, 0.717) is 0 Å². The molecule has 0 aromatic rings. The van der Waals surface area contributed by atoms with Crippen molar-refractivity contribution >= 4 is 5.84 Å². The third-order valence-electron chi connectivity index (χ3n) is 3.08. The van der Waals surface area contributed by atoms with E-state index in [9.17, 15) is 5.11 Å². The molecule has 0 spiro atoms. The van der Waals surface area contributed by atoms with Crippen LogP contribution in [0.4, 0.5) is 0 Å². The summed E-state index contributed by atoms with van der Waals surface area (Å²) in [4.78, 5) is 0. The van der Waals surface area contributed by atoms with Crippen molar-refractivity contribution in [2.24, 2.45) is 16.3 Å². The zero-order valence-corrected chi connectivity index (χ0v) is 11.2. The van der Waals surface area contributed by atoms with E-state index >= 15 is 0 Å². The monoisotopic (exact) mass is 245 g/mol. The molecule has 1 atom stereocenters. The van der Waals surface area contributed by atoms with Gasteiger partial charge in [-0.3, -0.25) is 0 Å². The van der Waals surface area contributed by atoms with Crippen molar-refractivity contribution in [2.45, 2.75) is 52.6 Å². The van der Waals surface area contributed by atoms with Gasteiger partial charge in [0.05, 0.1) is 6.10 Å². The van der Waals surface area contributed by atoms with Crippen LogP contribution in [0.1, 0.15) is 46.5 Å². The first kappa shape index (κ1) is 16.2. The molecule has 0 rings (SSSR count). The number of nitrogens with zero attached hydrogens (tertiary/aromatic N) is 1. The van der Waals surface area contributed by atoms with Gasteiger partial charge >= 0.3 is 0 Å². The summed E-state index contributed by atoms with van der Waals surface area (Å²) in [6, 6.07) is 0. The third-order valence-corrected chi connectivity index (χ3v) is 3.08. The van der Waals surface area contributed by atoms with Crippen LogP contribution in [-0.4, -0.2) is 35.3 Å². The zero-order chi connectivity index (χ0) is 13.3. The molecule has 17 heavy (non-hydrogen) atoms. The van der Waals surface area contributed by atoms with Crippen molar-refractivity contribution in [2.75, 3.05) is 13.1 Å². The van der Waals surface area contributed by atoms with Crippen LogP contribution < -0.4 is 11.1 Å². The highest BCUT2D eigenvalue weighted by Crippen LogP contribution is 2.21. The predicted molar refractivity (Wildman–Crippen MR) is 70.2 cm³/mol. The molecule has 0 aliphatic carbocycles. The van der Waals surface area contributed by atoms with Gasteiger partial charge in [0.25, 0.3) is 0 Å². The van der Waals surface area contributed by atoms with E-state index in [-0.39, 0.29) is 17.4 Å². The van der Waals surface area contributed by atoms with E-state index in [2.05, 4.69) is 10.5 Å². The molecule has 5 N–H and O–H groups in total. The fourth-order valence-corrected chi connectivity index (χ4v) is 1.52. The molecule has 5 heteroatoms. The number of amidine groups is 1. The quantitative estimate of drug-likeness (QED) is 0.162. The van der Waals surface area contributed by atoms with Gasteiger partial charge in [-0.2, -0.15) is 0 Å². The average molecular weight is 245 g/mol. The minimum Gasteiger partial charge on any atom is -0.409 e. The lowest BCUT2D eigenvalue weighted by Gasteiger charge is -2.22. The normalized spacial score (nSPS) is 14.9. The highest BCUT2D eigenvalue weighted by atomic mass is 16.4. The molecule has 0 saturated carbocycles. The Balaban J connectivity index is 3.58. The summed E-state index contributed by atoms with van der Waals surface area (Å²) in [5.41, 5.74) is 5.33. The second-order valence-electron chi connectivity index (χ2n) is 5.07. The Morgan fingerprint density at radius 2 is 2.06 bits per heavy atom. The Bertz CT molecular complexity index is 230. The molecule has 0 heterocycles. The van der Waals surface area contributed by atoms with Gasteiger partial charge in [0.2, 0.25) is 0 Å². The number of hydrogen-bond donors (Lipinski definition) is 4. The van der Waals surface area contributed by atoms with Crippen molar-refractivity contribution in [1.82, 2.24) is 5.32 Å². The molecule has 0 radical (unpaired) electrons. The largest absolute Gasteiger partial charge is 0.409 e. The summed E-state index contributed by atoms with van der Waals surface area (Å²) < 4.78 is 0. The molecule has 0 saturated heterocycles. The molecule has 5 nitrogen and oxygen atoms in total. The van der Waals surface area contributed by atoms with Crippen LogP contribution in [0.5, 0.6) is 0 Å². The summed E-state index contributed by atoms with van der Waals surface area (Å²) in [5, 5.41) is 24.3. The smallest absolute Gasteiger partial charge is 0.144 e. The van der Waals surface area contributed by atoms with E-state index in [1.165, 1.54) is 0 Å². The Morgan fingerprint density at radius 3 is 2.59 bits per heavy atom. The SMILES string of the molecule is CCC(O)CCNCCCC(C)(C)C(N)=NO. The molecule has 0 fully saturated rings. The van der Waals surface area contributed by atoms with Gasteiger partial charge in [0.15, 0.2) is 0 Å². The van der Waals surface area contributed by atoms with Crippen LogP contribution in [-0.2, 0) is 0 Å². The number of nitrogens with two attached hydrogens (primary N) is 1. The Labute approximate surface area is 104 Å². The molecule has 0 aromatic heterocycles. The molecule has 0 aliphatic heterocycles. The molecular formula is C12H27N3O2. The summed E-state index contributed by atoms with van der Waals surface area (Å²) in [6.07, 6.45) is 3.23. The second kappa shape index (κ2) is 8.31. The molecule has 0 amide bonds. The van der Waals surface area contributed by atoms with Crippen molar-refractivity contribution < 1.29 is 10.3 Å². The fraction of sp³-hybridized carbons (Fsp3) is 0.917. The summed E-state index contributed by atoms with van der Waals surface area (Å²) in [7, 11) is 0. The first-order valence-electron chi connectivity index (χ1n) is 6.30. The lowest BCUT2D eigenvalue weighted by atomic mass is 9.86. The number of aliphatic hydroxyl groups excluding tert-OH is 1. The maximum absolute atomic E-state index is 9.35. The number of rotatable bonds is 9. The van der Waals surface area contributed by atoms with Gasteiger partial charge in [-0.05, 0) is 38.8 Å². The molecule has 0 aromatic carbocycles. The predicted octanol–water partition coefficient (Wildman–Crippen LogP) is 1.29. The van der Waals surface area contributed by atoms with Crippen molar-refractivity contribution in [3.05, 3.63) is 0 Å². The van der Waals surface area contributed by atoms with Crippen LogP contribution in [0.2, 0.25) is 0 Å². The minimum absolute atomic E-state index is 0.198. The lowest BCUT2D eigenvalue weighted by molar-refractivity contribution is 0.159. The van der Waals surface area contributed by atoms with Crippen LogP contribution in [0, 0.1) is 5.41 Å². The maximum Gasteiger partial charge on any atom is 0.144 e. The first-order chi connectivity index (χ1) is 7.94. The van der Waals surface area contributed by atoms with Crippen LogP contribution in [0.15, 0.2) is 5.16 Å². The minimum atomic E-state index is -0.265. The standard InChI is InChI=1S/C12H27N3O2/c1-4-10(16)6-9-14-8-5-7-12(2,3)11(13)15-17/h10,14,16-17H,4-9H2,1-3H3,(H2,13,15). The molecule has 0 aliphatic rings. The van der Waals surface area contributed by atoms with Crippen LogP contribution in [0.3, 0.4) is 0 Å². The molecule has 1 unspecified atom stereocenters. The van der Waals surface area contributed by atoms with Crippen molar-refractivity contribution in [3.8, 4) is 0 Å². The summed E-state index contributed by atoms with van der Waals surface area (Å²) in [5.74, 6) is 0.277. The summed E-state index contributed by atoms with van der Waals surface area (Å²) in [6.45, 7) is 7.62. The first-order valence-corrected chi connectivity index (χ1v) is 6.30. The topological polar surface area (TPSA) is 90.9 Å². The van der Waals surface area contributed by atoms with Gasteiger partial charge in [-0.15, -0.1) is 0 Å². The van der Waals surface area contributed by atoms with Gasteiger partial charge < -0.3 is 21.4 Å². The van der Waals surface area contributed by atoms with E-state index in [0.717, 1.165) is 38.8 Å². The Kier molecular flexibility index (Phi) is 7.91. The van der Waals surface area contributed by atoms with E-state index in [1.807, 2.05) is 20.8 Å². The van der Waals surface area contributed by atoms with Crippen LogP contribution in [0.25, 0.3) is 0 Å². The Morgan fingerprint density at radius 1 is 1.41 bits per heavy atom. The number of oxime groups is 1. The van der Waals surface area contributed by atoms with Crippen LogP contribution >= 0.6 is 0 Å².